The first kappa shape index (κ1) is 14.3. The van der Waals surface area contributed by atoms with Crippen LogP contribution in [0.1, 0.15) is 42.2 Å². The lowest BCUT2D eigenvalue weighted by molar-refractivity contribution is -0.130. The smallest absolute Gasteiger partial charge is 0.245 e. The van der Waals surface area contributed by atoms with Crippen molar-refractivity contribution in [2.45, 2.75) is 38.0 Å². The van der Waals surface area contributed by atoms with Crippen molar-refractivity contribution in [2.24, 2.45) is 0 Å². The van der Waals surface area contributed by atoms with E-state index in [4.69, 9.17) is 11.6 Å². The van der Waals surface area contributed by atoms with Crippen LogP contribution >= 0.6 is 11.6 Å². The van der Waals surface area contributed by atoms with E-state index < -0.39 is 5.38 Å². The molecule has 0 bridgehead atoms. The Balaban J connectivity index is 2.13. The van der Waals surface area contributed by atoms with E-state index in [1.165, 1.54) is 25.0 Å². The lowest BCUT2D eigenvalue weighted by atomic mass is 10.0. The Hall–Kier alpha value is -1.09. The van der Waals surface area contributed by atoms with Crippen LogP contribution in [0.15, 0.2) is 18.2 Å². The third-order valence-electron chi connectivity index (χ3n) is 3.64. The van der Waals surface area contributed by atoms with E-state index in [-0.39, 0.29) is 11.7 Å². The highest BCUT2D eigenvalue weighted by atomic mass is 35.5. The summed E-state index contributed by atoms with van der Waals surface area (Å²) in [5.74, 6) is -0.356. The maximum Gasteiger partial charge on any atom is 0.245 e. The zero-order chi connectivity index (χ0) is 13.8. The Morgan fingerprint density at radius 2 is 1.89 bits per heavy atom. The van der Waals surface area contributed by atoms with Gasteiger partial charge in [0.1, 0.15) is 11.2 Å². The van der Waals surface area contributed by atoms with Gasteiger partial charge in [0.25, 0.3) is 0 Å². The fourth-order valence-electron chi connectivity index (χ4n) is 2.51. The number of carbonyl (C=O) groups excluding carboxylic acids is 1. The van der Waals surface area contributed by atoms with E-state index in [1.807, 2.05) is 4.90 Å². The number of carbonyl (C=O) groups is 1. The Morgan fingerprint density at radius 1 is 1.26 bits per heavy atom. The van der Waals surface area contributed by atoms with Crippen LogP contribution in [0, 0.1) is 12.7 Å². The Kier molecular flexibility index (Phi) is 4.81. The number of alkyl halides is 1. The molecule has 0 saturated carbocycles. The van der Waals surface area contributed by atoms with E-state index in [2.05, 4.69) is 0 Å². The molecule has 1 aliphatic rings. The molecule has 1 atom stereocenters. The van der Waals surface area contributed by atoms with Crippen LogP contribution in [0.4, 0.5) is 4.39 Å². The van der Waals surface area contributed by atoms with Crippen LogP contribution < -0.4 is 0 Å². The van der Waals surface area contributed by atoms with Gasteiger partial charge in [0, 0.05) is 13.1 Å². The molecule has 1 fully saturated rings. The first-order valence-corrected chi connectivity index (χ1v) is 7.22. The number of likely N-dealkylation sites (tertiary alicyclic amines) is 1. The number of aryl methyl sites for hydroxylation is 1. The molecule has 2 rings (SSSR count). The standard InChI is InChI=1S/C15H19ClFNO/c1-11-10-12(17)6-7-13(11)14(16)15(19)18-8-4-2-3-5-9-18/h6-7,10,14H,2-5,8-9H2,1H3. The van der Waals surface area contributed by atoms with Gasteiger partial charge in [0.05, 0.1) is 0 Å². The van der Waals surface area contributed by atoms with E-state index in [0.717, 1.165) is 31.5 Å². The Morgan fingerprint density at radius 3 is 2.47 bits per heavy atom. The molecule has 1 heterocycles. The highest BCUT2D eigenvalue weighted by Gasteiger charge is 2.25. The lowest BCUT2D eigenvalue weighted by Gasteiger charge is -2.24. The second-order valence-electron chi connectivity index (χ2n) is 5.10. The largest absolute Gasteiger partial charge is 0.341 e. The third-order valence-corrected chi connectivity index (χ3v) is 4.06. The van der Waals surface area contributed by atoms with Crippen LogP contribution in [0.25, 0.3) is 0 Å². The highest BCUT2D eigenvalue weighted by Crippen LogP contribution is 2.27. The number of nitrogens with zero attached hydrogens (tertiary/aromatic N) is 1. The summed E-state index contributed by atoms with van der Waals surface area (Å²) in [6.45, 7) is 3.34. The Bertz CT molecular complexity index is 455. The lowest BCUT2D eigenvalue weighted by Crippen LogP contribution is -2.34. The fourth-order valence-corrected chi connectivity index (χ4v) is 2.89. The third kappa shape index (κ3) is 3.47. The highest BCUT2D eigenvalue weighted by molar-refractivity contribution is 6.30. The average Bonchev–Trinajstić information content (AvgIpc) is 2.66. The minimum absolute atomic E-state index is 0.0572. The normalized spacial score (nSPS) is 17.9. The average molecular weight is 284 g/mol. The van der Waals surface area contributed by atoms with Gasteiger partial charge in [0.2, 0.25) is 5.91 Å². The second kappa shape index (κ2) is 6.38. The van der Waals surface area contributed by atoms with Gasteiger partial charge >= 0.3 is 0 Å². The fraction of sp³-hybridized carbons (Fsp3) is 0.533. The molecule has 19 heavy (non-hydrogen) atoms. The minimum Gasteiger partial charge on any atom is -0.341 e. The van der Waals surface area contributed by atoms with Gasteiger partial charge in [-0.3, -0.25) is 4.79 Å². The Labute approximate surface area is 118 Å². The van der Waals surface area contributed by atoms with Crippen molar-refractivity contribution in [1.29, 1.82) is 0 Å². The second-order valence-corrected chi connectivity index (χ2v) is 5.54. The predicted molar refractivity (Wildman–Crippen MR) is 74.8 cm³/mol. The maximum atomic E-state index is 13.1. The van der Waals surface area contributed by atoms with E-state index in [0.29, 0.717) is 5.56 Å². The molecule has 1 aliphatic heterocycles. The number of hydrogen-bond acceptors (Lipinski definition) is 1. The number of hydrogen-bond donors (Lipinski definition) is 0. The van der Waals surface area contributed by atoms with Gasteiger partial charge < -0.3 is 4.90 Å². The van der Waals surface area contributed by atoms with E-state index in [1.54, 1.807) is 13.0 Å². The van der Waals surface area contributed by atoms with Gasteiger partial charge in [-0.2, -0.15) is 0 Å². The number of halogens is 2. The van der Waals surface area contributed by atoms with Crippen LogP contribution in [0.3, 0.4) is 0 Å². The number of rotatable bonds is 2. The molecule has 1 amide bonds. The van der Waals surface area contributed by atoms with Crippen molar-refractivity contribution >= 4 is 17.5 Å². The molecule has 0 spiro atoms. The van der Waals surface area contributed by atoms with Crippen molar-refractivity contribution in [3.05, 3.63) is 35.1 Å². The van der Waals surface area contributed by atoms with Gasteiger partial charge in [-0.05, 0) is 43.0 Å². The molecule has 1 aromatic rings. The van der Waals surface area contributed by atoms with Gasteiger partial charge in [0.15, 0.2) is 0 Å². The first-order chi connectivity index (χ1) is 9.09. The molecule has 104 valence electrons. The predicted octanol–water partition coefficient (Wildman–Crippen LogP) is 3.82. The van der Waals surface area contributed by atoms with Gasteiger partial charge in [-0.15, -0.1) is 11.6 Å². The van der Waals surface area contributed by atoms with Crippen molar-refractivity contribution in [3.63, 3.8) is 0 Å². The zero-order valence-electron chi connectivity index (χ0n) is 11.2. The molecule has 1 saturated heterocycles. The topological polar surface area (TPSA) is 20.3 Å². The summed E-state index contributed by atoms with van der Waals surface area (Å²) in [5, 5.41) is -0.710. The van der Waals surface area contributed by atoms with Crippen LogP contribution in [0.2, 0.25) is 0 Å². The summed E-state index contributed by atoms with van der Waals surface area (Å²) in [6.07, 6.45) is 4.42. The van der Waals surface area contributed by atoms with Crippen LogP contribution in [-0.2, 0) is 4.79 Å². The molecule has 0 N–H and O–H groups in total. The molecule has 4 heteroatoms. The van der Waals surface area contributed by atoms with Gasteiger partial charge in [-0.25, -0.2) is 4.39 Å². The van der Waals surface area contributed by atoms with Crippen LogP contribution in [-0.4, -0.2) is 23.9 Å². The summed E-state index contributed by atoms with van der Waals surface area (Å²) in [6, 6.07) is 4.38. The zero-order valence-corrected chi connectivity index (χ0v) is 11.9. The van der Waals surface area contributed by atoms with Crippen molar-refractivity contribution < 1.29 is 9.18 Å². The summed E-state index contributed by atoms with van der Waals surface area (Å²) >= 11 is 6.29. The van der Waals surface area contributed by atoms with Crippen molar-refractivity contribution in [3.8, 4) is 0 Å². The van der Waals surface area contributed by atoms with Crippen molar-refractivity contribution in [2.75, 3.05) is 13.1 Å². The monoisotopic (exact) mass is 283 g/mol. The number of benzene rings is 1. The molecule has 0 aromatic heterocycles. The van der Waals surface area contributed by atoms with Crippen molar-refractivity contribution in [1.82, 2.24) is 4.90 Å². The van der Waals surface area contributed by atoms with E-state index in [9.17, 15) is 9.18 Å². The number of amides is 1. The first-order valence-electron chi connectivity index (χ1n) is 6.78. The summed E-state index contributed by atoms with van der Waals surface area (Å²) < 4.78 is 13.1. The quantitative estimate of drug-likeness (QED) is 0.756. The molecular formula is C15H19ClFNO. The molecule has 1 aromatic carbocycles. The van der Waals surface area contributed by atoms with Gasteiger partial charge in [-0.1, -0.05) is 18.9 Å². The molecule has 0 radical (unpaired) electrons. The molecule has 1 unspecified atom stereocenters. The van der Waals surface area contributed by atoms with E-state index >= 15 is 0 Å². The summed E-state index contributed by atoms with van der Waals surface area (Å²) in [4.78, 5) is 14.2. The SMILES string of the molecule is Cc1cc(F)ccc1C(Cl)C(=O)N1CCCCCC1. The molecule has 0 aliphatic carbocycles. The summed E-state index contributed by atoms with van der Waals surface area (Å²) in [5.41, 5.74) is 1.43. The maximum absolute atomic E-state index is 13.1. The van der Waals surface area contributed by atoms with Crippen LogP contribution in [0.5, 0.6) is 0 Å². The minimum atomic E-state index is -0.710. The molecule has 2 nitrogen and oxygen atoms in total. The molecular weight excluding hydrogens is 265 g/mol. The summed E-state index contributed by atoms with van der Waals surface area (Å²) in [7, 11) is 0.